The third-order valence-electron chi connectivity index (χ3n) is 7.12. The van der Waals surface area contributed by atoms with Crippen LogP contribution in [0.4, 0.5) is 14.6 Å². The first-order chi connectivity index (χ1) is 19.4. The normalized spacial score (nSPS) is 22.5. The Morgan fingerprint density at radius 3 is 2.70 bits per heavy atom. The number of hydrogen-bond donors (Lipinski definition) is 3. The van der Waals surface area contributed by atoms with Crippen LogP contribution in [-0.2, 0) is 0 Å². The zero-order valence-corrected chi connectivity index (χ0v) is 24.0. The zero-order valence-electron chi connectivity index (χ0n) is 24.0. The van der Waals surface area contributed by atoms with E-state index in [1.54, 1.807) is 25.4 Å². The smallest absolute Gasteiger partial charge is 0.194 e. The Balaban J connectivity index is 0.00000181. The highest BCUT2D eigenvalue weighted by molar-refractivity contribution is 5.92. The Hall–Kier alpha value is -3.53. The highest BCUT2D eigenvalue weighted by Crippen LogP contribution is 2.44. The van der Waals surface area contributed by atoms with Crippen molar-refractivity contribution in [2.75, 3.05) is 18.4 Å². The molecule has 4 heterocycles. The number of pyridine rings is 1. The highest BCUT2D eigenvalue weighted by atomic mass is 19.1. The average molecular weight is 551 g/mol. The number of nitrogens with zero attached hydrogens (tertiary/aromatic N) is 5. The van der Waals surface area contributed by atoms with Gasteiger partial charge in [-0.25, -0.2) is 24.3 Å². The summed E-state index contributed by atoms with van der Waals surface area (Å²) >= 11 is 0. The van der Waals surface area contributed by atoms with Crippen LogP contribution in [0.3, 0.4) is 0 Å². The first-order valence-corrected chi connectivity index (χ1v) is 14.3. The molecule has 0 radical (unpaired) electrons. The van der Waals surface area contributed by atoms with Gasteiger partial charge in [-0.15, -0.1) is 0 Å². The van der Waals surface area contributed by atoms with Crippen LogP contribution in [0.2, 0.25) is 0 Å². The third-order valence-corrected chi connectivity index (χ3v) is 7.12. The molecule has 40 heavy (non-hydrogen) atoms. The van der Waals surface area contributed by atoms with Crippen LogP contribution in [0.15, 0.2) is 58.1 Å². The molecule has 1 saturated carbocycles. The molecule has 0 spiro atoms. The number of fused-ring (bicyclic) bond motifs is 1. The average Bonchev–Trinajstić information content (AvgIpc) is 3.81. The molecule has 2 aromatic heterocycles. The molecule has 0 bridgehead atoms. The van der Waals surface area contributed by atoms with Crippen molar-refractivity contribution in [3.63, 3.8) is 0 Å². The second-order valence-corrected chi connectivity index (χ2v) is 10.2. The number of aromatic nitrogens is 3. The standard InChI is InChI=1S/C28H34F2N8.C2H6/c1-4-33-24(37-27-20(29)6-5-7-23(30)36-27)12-16(2)26-35-22-15-32-14-19(18-8-9-18)25(22)28(38-26)34-21-10-11-31-13-17(21)3;1-2/h4-6,12,14-18,21,31,37H,7-11,13H2,1-3H3,(H,34,35,38);1-2H3/b24-12+,33-4-;. The van der Waals surface area contributed by atoms with E-state index in [9.17, 15) is 8.78 Å². The molecular formula is C30H40F2N8. The summed E-state index contributed by atoms with van der Waals surface area (Å²) in [5.74, 6) is 0.842. The van der Waals surface area contributed by atoms with E-state index in [0.717, 1.165) is 49.1 Å². The van der Waals surface area contributed by atoms with Crippen LogP contribution in [0, 0.1) is 5.92 Å². The number of halogens is 2. The molecule has 214 valence electrons. The lowest BCUT2D eigenvalue weighted by molar-refractivity contribution is 0.368. The van der Waals surface area contributed by atoms with E-state index in [1.165, 1.54) is 17.7 Å². The SMILES string of the molecule is C/C=N\C(=C/C(C)c1nc(NC2CCNCC2C)c2c(C3CC3)cncc2n1)NC1=C(F)C=CCC(F)=N1.CC. The lowest BCUT2D eigenvalue weighted by Crippen LogP contribution is -2.42. The first-order valence-electron chi connectivity index (χ1n) is 14.3. The number of nitrogens with one attached hydrogen (secondary N) is 3. The molecule has 3 unspecified atom stereocenters. The maximum atomic E-state index is 14.5. The molecule has 1 saturated heterocycles. The Bertz CT molecular complexity index is 1340. The lowest BCUT2D eigenvalue weighted by Gasteiger charge is -2.31. The number of piperidine rings is 1. The minimum atomic E-state index is -0.677. The van der Waals surface area contributed by atoms with Crippen LogP contribution in [0.5, 0.6) is 0 Å². The largest absolute Gasteiger partial charge is 0.366 e. The van der Waals surface area contributed by atoms with Gasteiger partial charge in [0.1, 0.15) is 17.5 Å². The van der Waals surface area contributed by atoms with Gasteiger partial charge in [0.2, 0.25) is 0 Å². The fraction of sp³-hybridized carbons (Fsp3) is 0.500. The monoisotopic (exact) mass is 550 g/mol. The molecule has 5 rings (SSSR count). The molecule has 3 atom stereocenters. The minimum Gasteiger partial charge on any atom is -0.366 e. The van der Waals surface area contributed by atoms with E-state index < -0.39 is 11.8 Å². The molecule has 3 N–H and O–H groups in total. The Kier molecular flexibility index (Phi) is 10.1. The Labute approximate surface area is 235 Å². The topological polar surface area (TPSA) is 99.5 Å². The summed E-state index contributed by atoms with van der Waals surface area (Å²) in [5.41, 5.74) is 1.99. The van der Waals surface area contributed by atoms with Gasteiger partial charge in [0.05, 0.1) is 11.7 Å². The van der Waals surface area contributed by atoms with Gasteiger partial charge in [0.25, 0.3) is 0 Å². The maximum Gasteiger partial charge on any atom is 0.194 e. The summed E-state index contributed by atoms with van der Waals surface area (Å²) in [5, 5.41) is 11.1. The van der Waals surface area contributed by atoms with Gasteiger partial charge in [-0.3, -0.25) is 4.98 Å². The Morgan fingerprint density at radius 1 is 1.18 bits per heavy atom. The van der Waals surface area contributed by atoms with Crippen molar-refractivity contribution in [3.05, 3.63) is 59.5 Å². The van der Waals surface area contributed by atoms with Gasteiger partial charge in [0.15, 0.2) is 17.6 Å². The number of allylic oxidation sites excluding steroid dienone is 4. The molecule has 0 amide bonds. The number of hydrogen-bond acceptors (Lipinski definition) is 8. The van der Waals surface area contributed by atoms with E-state index in [4.69, 9.17) is 9.97 Å². The van der Waals surface area contributed by atoms with Gasteiger partial charge in [-0.2, -0.15) is 4.39 Å². The van der Waals surface area contributed by atoms with Gasteiger partial charge in [-0.1, -0.05) is 33.8 Å². The second-order valence-electron chi connectivity index (χ2n) is 10.2. The van der Waals surface area contributed by atoms with Crippen LogP contribution < -0.4 is 16.0 Å². The summed E-state index contributed by atoms with van der Waals surface area (Å²) in [4.78, 5) is 22.4. The number of rotatable bonds is 8. The van der Waals surface area contributed by atoms with Crippen LogP contribution >= 0.6 is 0 Å². The molecule has 3 aliphatic rings. The van der Waals surface area contributed by atoms with E-state index in [1.807, 2.05) is 27.0 Å². The molecule has 2 aliphatic heterocycles. The van der Waals surface area contributed by atoms with Crippen LogP contribution in [0.1, 0.15) is 83.5 Å². The predicted molar refractivity (Wildman–Crippen MR) is 159 cm³/mol. The number of anilines is 1. The molecule has 2 aromatic rings. The van der Waals surface area contributed by atoms with Crippen molar-refractivity contribution in [1.29, 1.82) is 0 Å². The first kappa shape index (κ1) is 29.5. The lowest BCUT2D eigenvalue weighted by atomic mass is 9.95. The molecule has 2 fully saturated rings. The van der Waals surface area contributed by atoms with Crippen LogP contribution in [-0.4, -0.2) is 46.3 Å². The summed E-state index contributed by atoms with van der Waals surface area (Å²) in [7, 11) is 0. The quantitative estimate of drug-likeness (QED) is 0.328. The molecule has 1 aliphatic carbocycles. The van der Waals surface area contributed by atoms with Crippen molar-refractivity contribution in [3.8, 4) is 0 Å². The minimum absolute atomic E-state index is 0.0572. The van der Waals surface area contributed by atoms with E-state index in [0.29, 0.717) is 29.5 Å². The number of aliphatic imine (C=N–C) groups is 2. The predicted octanol–water partition coefficient (Wildman–Crippen LogP) is 6.43. The molecule has 8 nitrogen and oxygen atoms in total. The van der Waals surface area contributed by atoms with E-state index in [-0.39, 0.29) is 18.2 Å². The van der Waals surface area contributed by atoms with Crippen molar-refractivity contribution >= 4 is 28.9 Å². The summed E-state index contributed by atoms with van der Waals surface area (Å²) < 4.78 is 28.4. The molecular weight excluding hydrogens is 510 g/mol. The van der Waals surface area contributed by atoms with Gasteiger partial charge >= 0.3 is 0 Å². The van der Waals surface area contributed by atoms with Crippen molar-refractivity contribution < 1.29 is 8.78 Å². The van der Waals surface area contributed by atoms with Crippen molar-refractivity contribution in [2.45, 2.75) is 78.2 Å². The highest BCUT2D eigenvalue weighted by Gasteiger charge is 2.29. The van der Waals surface area contributed by atoms with E-state index in [2.05, 4.69) is 37.8 Å². The van der Waals surface area contributed by atoms with E-state index >= 15 is 0 Å². The molecule has 10 heteroatoms. The summed E-state index contributed by atoms with van der Waals surface area (Å²) in [6.07, 6.45) is 13.0. The summed E-state index contributed by atoms with van der Waals surface area (Å²) in [6.45, 7) is 11.9. The maximum absolute atomic E-state index is 14.5. The van der Waals surface area contributed by atoms with Crippen molar-refractivity contribution in [2.24, 2.45) is 15.9 Å². The second kappa shape index (κ2) is 13.7. The zero-order chi connectivity index (χ0) is 28.6. The van der Waals surface area contributed by atoms with Crippen LogP contribution in [0.25, 0.3) is 10.9 Å². The molecule has 0 aromatic carbocycles. The van der Waals surface area contributed by atoms with Crippen molar-refractivity contribution in [1.82, 2.24) is 25.6 Å². The fourth-order valence-corrected chi connectivity index (χ4v) is 4.88. The van der Waals surface area contributed by atoms with Gasteiger partial charge in [0, 0.05) is 36.2 Å². The summed E-state index contributed by atoms with van der Waals surface area (Å²) in [6, 6.07) is 0.293. The van der Waals surface area contributed by atoms with Gasteiger partial charge in [-0.05, 0) is 68.8 Å². The third kappa shape index (κ3) is 7.15. The fourth-order valence-electron chi connectivity index (χ4n) is 4.88. The Morgan fingerprint density at radius 2 is 1.98 bits per heavy atom. The van der Waals surface area contributed by atoms with Gasteiger partial charge < -0.3 is 16.0 Å².